The highest BCUT2D eigenvalue weighted by molar-refractivity contribution is 5.15. The SMILES string of the molecule is CC(C)N(C(C)C)C12CC(C1)C2. The molecule has 0 saturated heterocycles. The average Bonchev–Trinajstić information content (AvgIpc) is 1.72. The quantitative estimate of drug-likeness (QED) is 0.624. The fraction of sp³-hybridized carbons (Fsp3) is 1.00. The largest absolute Gasteiger partial charge is 0.293 e. The predicted molar refractivity (Wildman–Crippen MR) is 52.2 cm³/mol. The van der Waals surface area contributed by atoms with E-state index < -0.39 is 0 Å². The fourth-order valence-corrected chi connectivity index (χ4v) is 3.44. The van der Waals surface area contributed by atoms with E-state index in [2.05, 4.69) is 32.6 Å². The van der Waals surface area contributed by atoms with Gasteiger partial charge in [-0.05, 0) is 52.9 Å². The Morgan fingerprint density at radius 1 is 1.00 bits per heavy atom. The molecule has 1 nitrogen and oxygen atoms in total. The molecular formula is C11H21N. The molecule has 0 radical (unpaired) electrons. The minimum Gasteiger partial charge on any atom is -0.293 e. The highest BCUT2D eigenvalue weighted by Crippen LogP contribution is 2.61. The fourth-order valence-electron chi connectivity index (χ4n) is 3.44. The van der Waals surface area contributed by atoms with E-state index in [0.29, 0.717) is 5.54 Å². The van der Waals surface area contributed by atoms with Gasteiger partial charge >= 0.3 is 0 Å². The van der Waals surface area contributed by atoms with Crippen LogP contribution in [0.15, 0.2) is 0 Å². The lowest BCUT2D eigenvalue weighted by atomic mass is 9.48. The Morgan fingerprint density at radius 2 is 1.42 bits per heavy atom. The van der Waals surface area contributed by atoms with Crippen LogP contribution in [0.2, 0.25) is 0 Å². The van der Waals surface area contributed by atoms with Crippen molar-refractivity contribution in [1.29, 1.82) is 0 Å². The number of hydrogen-bond donors (Lipinski definition) is 0. The normalized spacial score (nSPS) is 38.8. The zero-order valence-corrected chi connectivity index (χ0v) is 8.80. The molecule has 0 atom stereocenters. The number of hydrogen-bond acceptors (Lipinski definition) is 1. The Kier molecular flexibility index (Phi) is 1.76. The third-order valence-electron chi connectivity index (χ3n) is 3.67. The molecule has 0 heterocycles. The maximum Gasteiger partial charge on any atom is 0.0223 e. The third kappa shape index (κ3) is 0.953. The summed E-state index contributed by atoms with van der Waals surface area (Å²) in [5, 5.41) is 0. The summed E-state index contributed by atoms with van der Waals surface area (Å²) in [5.74, 6) is 1.10. The van der Waals surface area contributed by atoms with Crippen LogP contribution in [-0.4, -0.2) is 22.5 Å². The molecular weight excluding hydrogens is 146 g/mol. The van der Waals surface area contributed by atoms with Crippen LogP contribution < -0.4 is 0 Å². The standard InChI is InChI=1S/C11H21N/c1-8(2)12(9(3)4)11-5-10(6-11)7-11/h8-10H,5-7H2,1-4H3. The Labute approximate surface area is 76.1 Å². The lowest BCUT2D eigenvalue weighted by Crippen LogP contribution is -2.71. The van der Waals surface area contributed by atoms with Gasteiger partial charge in [0.2, 0.25) is 0 Å². The number of rotatable bonds is 3. The van der Waals surface area contributed by atoms with E-state index in [0.717, 1.165) is 18.0 Å². The Bertz CT molecular complexity index is 158. The molecule has 2 bridgehead atoms. The second-order valence-corrected chi connectivity index (χ2v) is 5.30. The van der Waals surface area contributed by atoms with Gasteiger partial charge in [0.05, 0.1) is 0 Å². The molecule has 1 heteroatoms. The summed E-state index contributed by atoms with van der Waals surface area (Å²) in [5.41, 5.74) is 0.660. The van der Waals surface area contributed by atoms with Crippen LogP contribution in [0.4, 0.5) is 0 Å². The summed E-state index contributed by atoms with van der Waals surface area (Å²) in [6.07, 6.45) is 4.47. The molecule has 0 aromatic rings. The van der Waals surface area contributed by atoms with Gasteiger partial charge in [-0.1, -0.05) is 0 Å². The van der Waals surface area contributed by atoms with E-state index in [1.54, 1.807) is 0 Å². The van der Waals surface area contributed by atoms with Gasteiger partial charge in [-0.15, -0.1) is 0 Å². The van der Waals surface area contributed by atoms with E-state index in [4.69, 9.17) is 0 Å². The molecule has 0 aliphatic heterocycles. The highest BCUT2D eigenvalue weighted by Gasteiger charge is 2.60. The van der Waals surface area contributed by atoms with Crippen LogP contribution in [0, 0.1) is 5.92 Å². The molecule has 3 aliphatic carbocycles. The first kappa shape index (κ1) is 8.55. The van der Waals surface area contributed by atoms with Crippen LogP contribution in [0.25, 0.3) is 0 Å². The summed E-state index contributed by atoms with van der Waals surface area (Å²) >= 11 is 0. The monoisotopic (exact) mass is 167 g/mol. The molecule has 3 saturated carbocycles. The first-order chi connectivity index (χ1) is 5.55. The van der Waals surface area contributed by atoms with Crippen molar-refractivity contribution in [2.24, 2.45) is 5.92 Å². The molecule has 0 aromatic heterocycles. The maximum atomic E-state index is 2.73. The molecule has 3 fully saturated rings. The van der Waals surface area contributed by atoms with Crippen LogP contribution in [0.3, 0.4) is 0 Å². The smallest absolute Gasteiger partial charge is 0.0223 e. The summed E-state index contributed by atoms with van der Waals surface area (Å²) in [6.45, 7) is 9.33. The molecule has 0 amide bonds. The van der Waals surface area contributed by atoms with Gasteiger partial charge in [0.25, 0.3) is 0 Å². The van der Waals surface area contributed by atoms with Crippen molar-refractivity contribution in [3.05, 3.63) is 0 Å². The van der Waals surface area contributed by atoms with Crippen molar-refractivity contribution < 1.29 is 0 Å². The van der Waals surface area contributed by atoms with Gasteiger partial charge in [-0.2, -0.15) is 0 Å². The third-order valence-corrected chi connectivity index (χ3v) is 3.67. The van der Waals surface area contributed by atoms with E-state index >= 15 is 0 Å². The highest BCUT2D eigenvalue weighted by atomic mass is 15.3. The lowest BCUT2D eigenvalue weighted by molar-refractivity contribution is -0.168. The molecule has 0 unspecified atom stereocenters. The first-order valence-electron chi connectivity index (χ1n) is 5.33. The van der Waals surface area contributed by atoms with E-state index in [9.17, 15) is 0 Å². The van der Waals surface area contributed by atoms with Crippen molar-refractivity contribution in [2.75, 3.05) is 0 Å². The minimum absolute atomic E-state index is 0.660. The van der Waals surface area contributed by atoms with Gasteiger partial charge in [0.1, 0.15) is 0 Å². The van der Waals surface area contributed by atoms with Crippen molar-refractivity contribution >= 4 is 0 Å². The van der Waals surface area contributed by atoms with Gasteiger partial charge in [0.15, 0.2) is 0 Å². The molecule has 70 valence electrons. The second kappa shape index (κ2) is 2.47. The molecule has 3 rings (SSSR count). The van der Waals surface area contributed by atoms with Crippen molar-refractivity contribution in [2.45, 2.75) is 64.6 Å². The van der Waals surface area contributed by atoms with E-state index in [1.165, 1.54) is 19.3 Å². The zero-order valence-electron chi connectivity index (χ0n) is 8.80. The van der Waals surface area contributed by atoms with Crippen LogP contribution >= 0.6 is 0 Å². The summed E-state index contributed by atoms with van der Waals surface area (Å²) in [6, 6.07) is 1.46. The van der Waals surface area contributed by atoms with Crippen LogP contribution in [0.5, 0.6) is 0 Å². The average molecular weight is 167 g/mol. The zero-order chi connectivity index (χ0) is 8.93. The predicted octanol–water partition coefficient (Wildman–Crippen LogP) is 2.66. The van der Waals surface area contributed by atoms with Crippen molar-refractivity contribution in [3.8, 4) is 0 Å². The van der Waals surface area contributed by atoms with Gasteiger partial charge in [-0.25, -0.2) is 0 Å². The Morgan fingerprint density at radius 3 is 1.50 bits per heavy atom. The minimum atomic E-state index is 0.660. The van der Waals surface area contributed by atoms with Crippen LogP contribution in [-0.2, 0) is 0 Å². The lowest BCUT2D eigenvalue weighted by Gasteiger charge is -2.68. The van der Waals surface area contributed by atoms with Crippen molar-refractivity contribution in [3.63, 3.8) is 0 Å². The summed E-state index contributed by atoms with van der Waals surface area (Å²) in [7, 11) is 0. The molecule has 0 N–H and O–H groups in total. The molecule has 3 aliphatic rings. The summed E-state index contributed by atoms with van der Waals surface area (Å²) < 4.78 is 0. The van der Waals surface area contributed by atoms with Crippen LogP contribution in [0.1, 0.15) is 47.0 Å². The van der Waals surface area contributed by atoms with E-state index in [1.807, 2.05) is 0 Å². The Hall–Kier alpha value is -0.0400. The van der Waals surface area contributed by atoms with Crippen molar-refractivity contribution in [1.82, 2.24) is 4.90 Å². The first-order valence-corrected chi connectivity index (χ1v) is 5.33. The number of nitrogens with zero attached hydrogens (tertiary/aromatic N) is 1. The summed E-state index contributed by atoms with van der Waals surface area (Å²) in [4.78, 5) is 2.73. The Balaban J connectivity index is 2.05. The second-order valence-electron chi connectivity index (χ2n) is 5.30. The van der Waals surface area contributed by atoms with Gasteiger partial charge < -0.3 is 0 Å². The van der Waals surface area contributed by atoms with Gasteiger partial charge in [-0.3, -0.25) is 4.90 Å². The van der Waals surface area contributed by atoms with E-state index in [-0.39, 0.29) is 0 Å². The topological polar surface area (TPSA) is 3.24 Å². The molecule has 0 spiro atoms. The molecule has 12 heavy (non-hydrogen) atoms. The maximum absolute atomic E-state index is 2.73. The molecule has 0 aromatic carbocycles. The van der Waals surface area contributed by atoms with Gasteiger partial charge in [0, 0.05) is 17.6 Å².